The van der Waals surface area contributed by atoms with Crippen molar-refractivity contribution >= 4 is 16.8 Å². The molecule has 2 bridgehead atoms. The van der Waals surface area contributed by atoms with Gasteiger partial charge in [-0.1, -0.05) is 24.3 Å². The number of carbonyl (C=O) groups is 1. The Bertz CT molecular complexity index is 1280. The van der Waals surface area contributed by atoms with Crippen LogP contribution in [0.5, 0.6) is 0 Å². The minimum absolute atomic E-state index is 0.130. The number of nitriles is 1. The topological polar surface area (TPSA) is 82.7 Å². The van der Waals surface area contributed by atoms with Gasteiger partial charge in [-0.25, -0.2) is 4.39 Å². The quantitative estimate of drug-likeness (QED) is 0.653. The van der Waals surface area contributed by atoms with Crippen LogP contribution in [0.3, 0.4) is 0 Å². The fraction of sp³-hybridized carbons (Fsp3) is 0.400. The number of hydrogen-bond donors (Lipinski definition) is 2. The Hall–Kier alpha value is -3.24. The van der Waals surface area contributed by atoms with Crippen LogP contribution in [-0.4, -0.2) is 33.8 Å². The first-order chi connectivity index (χ1) is 15.5. The Labute approximate surface area is 185 Å². The Morgan fingerprint density at radius 1 is 1.25 bits per heavy atom. The van der Waals surface area contributed by atoms with Crippen molar-refractivity contribution in [3.05, 3.63) is 54.0 Å². The molecule has 0 unspecified atom stereocenters. The van der Waals surface area contributed by atoms with Gasteiger partial charge in [-0.3, -0.25) is 9.48 Å². The van der Waals surface area contributed by atoms with E-state index in [9.17, 15) is 14.4 Å². The maximum atomic E-state index is 14.9. The van der Waals surface area contributed by atoms with Crippen molar-refractivity contribution in [3.63, 3.8) is 0 Å². The number of amides is 1. The highest BCUT2D eigenvalue weighted by atomic mass is 19.1. The zero-order chi connectivity index (χ0) is 22.0. The Morgan fingerprint density at radius 2 is 2.06 bits per heavy atom. The summed E-state index contributed by atoms with van der Waals surface area (Å²) in [6.07, 6.45) is 4.36. The number of piperidine rings is 1. The monoisotopic (exact) mass is 429 g/mol. The van der Waals surface area contributed by atoms with E-state index in [1.54, 1.807) is 10.7 Å². The average Bonchev–Trinajstić information content (AvgIpc) is 3.17. The number of halogens is 1. The minimum atomic E-state index is -0.761. The van der Waals surface area contributed by atoms with Gasteiger partial charge in [-0.2, -0.15) is 10.4 Å². The Morgan fingerprint density at radius 3 is 2.81 bits per heavy atom. The molecule has 6 rings (SSSR count). The lowest BCUT2D eigenvalue weighted by Gasteiger charge is -2.23. The Kier molecular flexibility index (Phi) is 4.34. The fourth-order valence-corrected chi connectivity index (χ4v) is 5.85. The molecule has 2 saturated carbocycles. The molecule has 1 aliphatic heterocycles. The van der Waals surface area contributed by atoms with E-state index >= 15 is 0 Å². The van der Waals surface area contributed by atoms with E-state index in [1.807, 2.05) is 37.5 Å². The van der Waals surface area contributed by atoms with Gasteiger partial charge < -0.3 is 10.6 Å². The predicted octanol–water partition coefficient (Wildman–Crippen LogP) is 2.93. The summed E-state index contributed by atoms with van der Waals surface area (Å²) in [6.45, 7) is 0. The lowest BCUT2D eigenvalue weighted by Crippen LogP contribution is -2.51. The van der Waals surface area contributed by atoms with E-state index in [1.165, 1.54) is 12.5 Å². The summed E-state index contributed by atoms with van der Waals surface area (Å²) in [6, 6.07) is 12.5. The molecule has 1 amide bonds. The van der Waals surface area contributed by atoms with E-state index in [4.69, 9.17) is 0 Å². The third-order valence-electron chi connectivity index (χ3n) is 7.49. The van der Waals surface area contributed by atoms with Crippen LogP contribution in [0, 0.1) is 34.9 Å². The van der Waals surface area contributed by atoms with Crippen LogP contribution in [0.2, 0.25) is 0 Å². The second-order valence-electron chi connectivity index (χ2n) is 9.49. The molecule has 2 aliphatic carbocycles. The molecule has 3 fully saturated rings. The molecule has 1 saturated heterocycles. The zero-order valence-corrected chi connectivity index (χ0v) is 17.8. The second kappa shape index (κ2) is 7.14. The molecule has 32 heavy (non-hydrogen) atoms. The third kappa shape index (κ3) is 3.18. The second-order valence-corrected chi connectivity index (χ2v) is 9.49. The van der Waals surface area contributed by atoms with Crippen LogP contribution in [-0.2, 0) is 18.3 Å². The molecule has 1 aromatic heterocycles. The fourth-order valence-electron chi connectivity index (χ4n) is 5.85. The number of nitrogens with one attached hydrogen (secondary N) is 2. The van der Waals surface area contributed by atoms with Crippen LogP contribution >= 0.6 is 0 Å². The standard InChI is InChI=1S/C25H24FN5O/c1-31-12-16-5-3-14(8-22(16)30-31)13-2-4-15(21(26)7-13)6-17(11-27)28-25(32)24-20-10-23(29-24)19-9-18(19)20/h2-5,7-8,12,17-20,23-24,29H,6,9-10H2,1H3,(H,28,32)/t17-,18+,19-,20-,23-,24-/m0/s1. The number of nitrogens with zero attached hydrogens (tertiary/aromatic N) is 3. The Balaban J connectivity index is 1.16. The summed E-state index contributed by atoms with van der Waals surface area (Å²) in [4.78, 5) is 12.8. The molecule has 6 atom stereocenters. The highest BCUT2D eigenvalue weighted by Crippen LogP contribution is 2.59. The van der Waals surface area contributed by atoms with Gasteiger partial charge >= 0.3 is 0 Å². The molecule has 2 aromatic carbocycles. The van der Waals surface area contributed by atoms with Gasteiger partial charge in [0.05, 0.1) is 17.6 Å². The first kappa shape index (κ1) is 19.4. The predicted molar refractivity (Wildman–Crippen MR) is 118 cm³/mol. The van der Waals surface area contributed by atoms with Crippen LogP contribution in [0.1, 0.15) is 18.4 Å². The first-order valence-corrected chi connectivity index (χ1v) is 11.2. The van der Waals surface area contributed by atoms with Gasteiger partial charge in [0.25, 0.3) is 0 Å². The van der Waals surface area contributed by atoms with Crippen molar-refractivity contribution in [3.8, 4) is 17.2 Å². The van der Waals surface area contributed by atoms with Crippen molar-refractivity contribution in [2.45, 2.75) is 37.4 Å². The van der Waals surface area contributed by atoms with E-state index in [-0.39, 0.29) is 24.2 Å². The molecule has 162 valence electrons. The molecule has 2 N–H and O–H groups in total. The lowest BCUT2D eigenvalue weighted by molar-refractivity contribution is -0.124. The number of fused-ring (bicyclic) bond motifs is 6. The molecule has 0 spiro atoms. The lowest BCUT2D eigenvalue weighted by atomic mass is 9.96. The average molecular weight is 429 g/mol. The number of aromatic nitrogens is 2. The third-order valence-corrected chi connectivity index (χ3v) is 7.49. The van der Waals surface area contributed by atoms with Crippen molar-refractivity contribution in [1.29, 1.82) is 5.26 Å². The summed E-state index contributed by atoms with van der Waals surface area (Å²) >= 11 is 0. The number of rotatable bonds is 5. The zero-order valence-electron chi connectivity index (χ0n) is 17.8. The summed E-state index contributed by atoms with van der Waals surface area (Å²) < 4.78 is 16.7. The number of carbonyl (C=O) groups excluding carboxylic acids is 1. The van der Waals surface area contributed by atoms with E-state index in [0.717, 1.165) is 34.4 Å². The van der Waals surface area contributed by atoms with Crippen LogP contribution in [0.4, 0.5) is 4.39 Å². The normalized spacial score (nSPS) is 28.3. The van der Waals surface area contributed by atoms with E-state index in [2.05, 4.69) is 21.8 Å². The van der Waals surface area contributed by atoms with Gasteiger partial charge in [-0.15, -0.1) is 0 Å². The van der Waals surface area contributed by atoms with Crippen molar-refractivity contribution in [1.82, 2.24) is 20.4 Å². The maximum Gasteiger partial charge on any atom is 0.238 e. The summed E-state index contributed by atoms with van der Waals surface area (Å²) in [5.74, 6) is 1.30. The molecular weight excluding hydrogens is 405 g/mol. The van der Waals surface area contributed by atoms with Crippen molar-refractivity contribution in [2.24, 2.45) is 24.8 Å². The van der Waals surface area contributed by atoms with Gasteiger partial charge in [-0.05, 0) is 59.4 Å². The minimum Gasteiger partial charge on any atom is -0.339 e. The summed E-state index contributed by atoms with van der Waals surface area (Å²) in [5.41, 5.74) is 2.91. The van der Waals surface area contributed by atoms with Gasteiger partial charge in [0.1, 0.15) is 11.9 Å². The molecule has 6 nitrogen and oxygen atoms in total. The van der Waals surface area contributed by atoms with Gasteiger partial charge in [0, 0.05) is 31.1 Å². The van der Waals surface area contributed by atoms with Gasteiger partial charge in [0.2, 0.25) is 5.91 Å². The highest BCUT2D eigenvalue weighted by molar-refractivity contribution is 5.84. The van der Waals surface area contributed by atoms with Crippen LogP contribution in [0.25, 0.3) is 22.0 Å². The molecule has 2 heterocycles. The first-order valence-electron chi connectivity index (χ1n) is 11.2. The molecule has 3 aromatic rings. The molecule has 7 heteroatoms. The molecular formula is C25H24FN5O. The number of benzene rings is 2. The highest BCUT2D eigenvalue weighted by Gasteiger charge is 2.62. The largest absolute Gasteiger partial charge is 0.339 e. The molecule has 0 radical (unpaired) electrons. The smallest absolute Gasteiger partial charge is 0.238 e. The maximum absolute atomic E-state index is 14.9. The SMILES string of the molecule is Cn1cc2ccc(-c3ccc(C[C@@H](C#N)NC(=O)[C@H]4N[C@H]5C[C@H]4[C@@H]4C[C@@H]45)c(F)c3)cc2n1. The van der Waals surface area contributed by atoms with E-state index < -0.39 is 6.04 Å². The van der Waals surface area contributed by atoms with Crippen molar-refractivity contribution in [2.75, 3.05) is 0 Å². The van der Waals surface area contributed by atoms with Crippen LogP contribution in [0.15, 0.2) is 42.6 Å². The van der Waals surface area contributed by atoms with E-state index in [0.29, 0.717) is 23.4 Å². The number of aryl methyl sites for hydroxylation is 1. The molecule has 3 aliphatic rings. The summed E-state index contributed by atoms with van der Waals surface area (Å²) in [7, 11) is 1.87. The van der Waals surface area contributed by atoms with Crippen molar-refractivity contribution < 1.29 is 9.18 Å². The van der Waals surface area contributed by atoms with Gasteiger partial charge in [0.15, 0.2) is 0 Å². The summed E-state index contributed by atoms with van der Waals surface area (Å²) in [5, 5.41) is 21.3. The van der Waals surface area contributed by atoms with Crippen LogP contribution < -0.4 is 10.6 Å². The number of hydrogen-bond acceptors (Lipinski definition) is 4.